The smallest absolute Gasteiger partial charge is 0.410 e. The van der Waals surface area contributed by atoms with Gasteiger partial charge in [0.05, 0.1) is 18.4 Å². The number of piperidine rings is 1. The van der Waals surface area contributed by atoms with E-state index in [1.54, 1.807) is 9.80 Å². The molecule has 25 heavy (non-hydrogen) atoms. The second kappa shape index (κ2) is 6.27. The Labute approximate surface area is 144 Å². The molecule has 0 N–H and O–H groups in total. The van der Waals surface area contributed by atoms with Crippen LogP contribution < -0.4 is 0 Å². The minimum atomic E-state index is -2.79. The molecule has 138 valence electrons. The Kier molecular flexibility index (Phi) is 4.42. The number of alkyl halides is 2. The van der Waals surface area contributed by atoms with E-state index in [0.717, 1.165) is 4.57 Å². The lowest BCUT2D eigenvalue weighted by Crippen LogP contribution is -2.48. The summed E-state index contributed by atoms with van der Waals surface area (Å²) in [6, 6.07) is -0.546. The summed E-state index contributed by atoms with van der Waals surface area (Å²) >= 11 is 0. The van der Waals surface area contributed by atoms with E-state index in [-0.39, 0.29) is 18.7 Å². The summed E-state index contributed by atoms with van der Waals surface area (Å²) in [6.07, 6.45) is -0.642. The SMILES string of the molecule is CC(C)(C)OC(=O)N1CCC(N2Cc3cnc(C(F)F)n3C2=O)CC1. The zero-order valence-electron chi connectivity index (χ0n) is 14.5. The third-order valence-electron chi connectivity index (χ3n) is 4.38. The standard InChI is InChI=1S/C16H22F2N4O3/c1-16(2,3)25-15(24)20-6-4-10(5-7-20)21-9-11-8-19-13(12(17)18)22(11)14(21)23/h8,10,12H,4-7,9H2,1-3H3. The molecule has 1 aromatic heterocycles. The number of carbonyl (C=O) groups excluding carboxylic acids is 2. The van der Waals surface area contributed by atoms with Gasteiger partial charge < -0.3 is 14.5 Å². The van der Waals surface area contributed by atoms with E-state index in [0.29, 0.717) is 31.6 Å². The van der Waals surface area contributed by atoms with Gasteiger partial charge in [0.2, 0.25) is 0 Å². The van der Waals surface area contributed by atoms with Crippen molar-refractivity contribution in [2.45, 2.75) is 58.2 Å². The number of ether oxygens (including phenoxy) is 1. The summed E-state index contributed by atoms with van der Waals surface area (Å²) in [5, 5.41) is 0. The molecule has 0 spiro atoms. The average molecular weight is 356 g/mol. The van der Waals surface area contributed by atoms with Gasteiger partial charge in [-0.15, -0.1) is 0 Å². The molecule has 3 rings (SSSR count). The quantitative estimate of drug-likeness (QED) is 0.817. The van der Waals surface area contributed by atoms with Crippen LogP contribution in [0.15, 0.2) is 6.20 Å². The molecule has 2 aliphatic rings. The second-order valence-electron chi connectivity index (χ2n) is 7.35. The summed E-state index contributed by atoms with van der Waals surface area (Å²) < 4.78 is 32.3. The first-order valence-electron chi connectivity index (χ1n) is 8.31. The molecular formula is C16H22F2N4O3. The van der Waals surface area contributed by atoms with Gasteiger partial charge in [-0.2, -0.15) is 0 Å². The largest absolute Gasteiger partial charge is 0.444 e. The highest BCUT2D eigenvalue weighted by atomic mass is 19.3. The van der Waals surface area contributed by atoms with Gasteiger partial charge in [-0.1, -0.05) is 0 Å². The Bertz CT molecular complexity index is 675. The molecule has 3 heterocycles. The fourth-order valence-electron chi connectivity index (χ4n) is 3.23. The van der Waals surface area contributed by atoms with Crippen molar-refractivity contribution in [3.8, 4) is 0 Å². The zero-order chi connectivity index (χ0) is 18.4. The van der Waals surface area contributed by atoms with E-state index in [4.69, 9.17) is 4.74 Å². The van der Waals surface area contributed by atoms with E-state index in [1.165, 1.54) is 6.20 Å². The molecule has 9 heteroatoms. The van der Waals surface area contributed by atoms with Gasteiger partial charge in [0.25, 0.3) is 6.43 Å². The Hall–Kier alpha value is -2.19. The van der Waals surface area contributed by atoms with Crippen LogP contribution in [-0.4, -0.2) is 56.2 Å². The van der Waals surface area contributed by atoms with Crippen LogP contribution in [0.2, 0.25) is 0 Å². The number of aromatic nitrogens is 2. The topological polar surface area (TPSA) is 67.7 Å². The van der Waals surface area contributed by atoms with Crippen molar-refractivity contribution < 1.29 is 23.1 Å². The fourth-order valence-corrected chi connectivity index (χ4v) is 3.23. The van der Waals surface area contributed by atoms with E-state index in [1.807, 2.05) is 20.8 Å². The number of halogens is 2. The maximum absolute atomic E-state index is 13.0. The van der Waals surface area contributed by atoms with Crippen LogP contribution in [-0.2, 0) is 11.3 Å². The van der Waals surface area contributed by atoms with Gasteiger partial charge in [0, 0.05) is 19.1 Å². The van der Waals surface area contributed by atoms with Crippen molar-refractivity contribution in [2.24, 2.45) is 0 Å². The van der Waals surface area contributed by atoms with Crippen molar-refractivity contribution in [1.29, 1.82) is 0 Å². The third-order valence-corrected chi connectivity index (χ3v) is 4.38. The van der Waals surface area contributed by atoms with Gasteiger partial charge >= 0.3 is 12.1 Å². The summed E-state index contributed by atoms with van der Waals surface area (Å²) in [5.74, 6) is -0.506. The van der Waals surface area contributed by atoms with E-state index in [2.05, 4.69) is 4.98 Å². The predicted octanol–water partition coefficient (Wildman–Crippen LogP) is 3.00. The number of fused-ring (bicyclic) bond motifs is 1. The second-order valence-corrected chi connectivity index (χ2v) is 7.35. The molecule has 2 aliphatic heterocycles. The van der Waals surface area contributed by atoms with Crippen molar-refractivity contribution in [1.82, 2.24) is 19.4 Å². The molecule has 7 nitrogen and oxygen atoms in total. The lowest BCUT2D eigenvalue weighted by Gasteiger charge is -2.36. The summed E-state index contributed by atoms with van der Waals surface area (Å²) in [4.78, 5) is 31.4. The molecule has 1 saturated heterocycles. The molecule has 0 saturated carbocycles. The van der Waals surface area contributed by atoms with Gasteiger partial charge in [-0.3, -0.25) is 0 Å². The number of hydrogen-bond donors (Lipinski definition) is 0. The maximum Gasteiger partial charge on any atom is 0.410 e. The summed E-state index contributed by atoms with van der Waals surface area (Å²) in [7, 11) is 0. The first-order chi connectivity index (χ1) is 11.7. The normalized spacial score (nSPS) is 18.9. The molecule has 0 unspecified atom stereocenters. The lowest BCUT2D eigenvalue weighted by atomic mass is 10.0. The molecule has 0 aromatic carbocycles. The van der Waals surface area contributed by atoms with Crippen LogP contribution in [0.5, 0.6) is 0 Å². The fraction of sp³-hybridized carbons (Fsp3) is 0.688. The van der Waals surface area contributed by atoms with Gasteiger partial charge in [0.15, 0.2) is 5.82 Å². The molecule has 0 radical (unpaired) electrons. The minimum Gasteiger partial charge on any atom is -0.444 e. The summed E-state index contributed by atoms with van der Waals surface area (Å²) in [6.45, 7) is 6.64. The highest BCUT2D eigenvalue weighted by molar-refractivity contribution is 5.81. The Balaban J connectivity index is 1.61. The van der Waals surface area contributed by atoms with Crippen LogP contribution in [0.25, 0.3) is 0 Å². The molecule has 0 aliphatic carbocycles. The van der Waals surface area contributed by atoms with Crippen LogP contribution in [0, 0.1) is 0 Å². The predicted molar refractivity (Wildman–Crippen MR) is 84.4 cm³/mol. The van der Waals surface area contributed by atoms with E-state index >= 15 is 0 Å². The molecule has 0 bridgehead atoms. The average Bonchev–Trinajstić information content (AvgIpc) is 3.06. The molecule has 0 atom stereocenters. The number of carbonyl (C=O) groups is 2. The maximum atomic E-state index is 13.0. The van der Waals surface area contributed by atoms with Gasteiger partial charge in [-0.05, 0) is 33.6 Å². The zero-order valence-corrected chi connectivity index (χ0v) is 14.5. The number of hydrogen-bond acceptors (Lipinski definition) is 4. The third kappa shape index (κ3) is 3.45. The number of amides is 2. The van der Waals surface area contributed by atoms with E-state index in [9.17, 15) is 18.4 Å². The van der Waals surface area contributed by atoms with Crippen molar-refractivity contribution >= 4 is 12.1 Å². The number of likely N-dealkylation sites (tertiary alicyclic amines) is 1. The number of nitrogens with zero attached hydrogens (tertiary/aromatic N) is 4. The van der Waals surface area contributed by atoms with Gasteiger partial charge in [0.1, 0.15) is 5.60 Å². The first kappa shape index (κ1) is 17.6. The van der Waals surface area contributed by atoms with Crippen LogP contribution >= 0.6 is 0 Å². The highest BCUT2D eigenvalue weighted by Gasteiger charge is 2.38. The Morgan fingerprint density at radius 3 is 2.52 bits per heavy atom. The Morgan fingerprint density at radius 1 is 1.32 bits per heavy atom. The number of rotatable bonds is 2. The van der Waals surface area contributed by atoms with Crippen LogP contribution in [0.3, 0.4) is 0 Å². The van der Waals surface area contributed by atoms with Crippen LogP contribution in [0.1, 0.15) is 51.6 Å². The van der Waals surface area contributed by atoms with Crippen molar-refractivity contribution in [2.75, 3.05) is 13.1 Å². The first-order valence-corrected chi connectivity index (χ1v) is 8.31. The highest BCUT2D eigenvalue weighted by Crippen LogP contribution is 2.29. The minimum absolute atomic E-state index is 0.0865. The molecule has 2 amide bonds. The Morgan fingerprint density at radius 2 is 1.96 bits per heavy atom. The summed E-state index contributed by atoms with van der Waals surface area (Å²) in [5.41, 5.74) is -0.0731. The molecule has 1 aromatic rings. The van der Waals surface area contributed by atoms with E-state index < -0.39 is 23.9 Å². The van der Waals surface area contributed by atoms with Crippen molar-refractivity contribution in [3.63, 3.8) is 0 Å². The lowest BCUT2D eigenvalue weighted by molar-refractivity contribution is 0.0165. The molecule has 1 fully saturated rings. The van der Waals surface area contributed by atoms with Crippen molar-refractivity contribution in [3.05, 3.63) is 17.7 Å². The molecular weight excluding hydrogens is 334 g/mol. The number of imidazole rings is 1. The monoisotopic (exact) mass is 356 g/mol. The van der Waals surface area contributed by atoms with Gasteiger partial charge in [-0.25, -0.2) is 27.9 Å². The van der Waals surface area contributed by atoms with Crippen LogP contribution in [0.4, 0.5) is 18.4 Å².